The first-order chi connectivity index (χ1) is 9.51. The quantitative estimate of drug-likeness (QED) is 0.930. The molecular formula is C13H15F2N5. The maximum Gasteiger partial charge on any atom is 0.230 e. The number of anilines is 2. The van der Waals surface area contributed by atoms with Crippen LogP contribution in [-0.4, -0.2) is 35.6 Å². The van der Waals surface area contributed by atoms with Crippen molar-refractivity contribution in [3.63, 3.8) is 0 Å². The molecular weight excluding hydrogens is 264 g/mol. The highest BCUT2D eigenvalue weighted by molar-refractivity contribution is 5.59. The summed E-state index contributed by atoms with van der Waals surface area (Å²) in [6, 6.07) is 3.29. The molecule has 0 fully saturated rings. The van der Waals surface area contributed by atoms with Gasteiger partial charge in [-0.15, -0.1) is 0 Å². The van der Waals surface area contributed by atoms with Crippen molar-refractivity contribution in [2.75, 3.05) is 30.9 Å². The van der Waals surface area contributed by atoms with Crippen molar-refractivity contribution in [3.8, 4) is 11.4 Å². The molecule has 2 aromatic rings. The zero-order chi connectivity index (χ0) is 14.7. The minimum absolute atomic E-state index is 0.135. The standard InChI is InChI=1S/C13H15F2N5/c1-4-16-12-17-11(18-13(19-12)20(2)3)9-6-5-8(14)7-10(9)15/h5-7H,4H2,1-3H3,(H,16,17,18,19). The van der Waals surface area contributed by atoms with Crippen molar-refractivity contribution in [1.29, 1.82) is 0 Å². The molecule has 0 spiro atoms. The molecule has 0 atom stereocenters. The minimum Gasteiger partial charge on any atom is -0.354 e. The number of nitrogens with one attached hydrogen (secondary N) is 1. The van der Waals surface area contributed by atoms with E-state index in [1.54, 1.807) is 19.0 Å². The Bertz CT molecular complexity index is 616. The van der Waals surface area contributed by atoms with Crippen LogP contribution < -0.4 is 10.2 Å². The Balaban J connectivity index is 2.54. The summed E-state index contributed by atoms with van der Waals surface area (Å²) in [5, 5.41) is 2.96. The Hall–Kier alpha value is -2.31. The number of hydrogen-bond acceptors (Lipinski definition) is 5. The number of benzene rings is 1. The number of nitrogens with zero attached hydrogens (tertiary/aromatic N) is 4. The van der Waals surface area contributed by atoms with Crippen LogP contribution in [0.25, 0.3) is 11.4 Å². The van der Waals surface area contributed by atoms with Gasteiger partial charge in [0.05, 0.1) is 5.56 Å². The SMILES string of the molecule is CCNc1nc(-c2ccc(F)cc2F)nc(N(C)C)n1. The van der Waals surface area contributed by atoms with Crippen LogP contribution in [0.2, 0.25) is 0 Å². The van der Waals surface area contributed by atoms with Gasteiger partial charge < -0.3 is 10.2 Å². The highest BCUT2D eigenvalue weighted by atomic mass is 19.1. The molecule has 5 nitrogen and oxygen atoms in total. The van der Waals surface area contributed by atoms with Crippen molar-refractivity contribution >= 4 is 11.9 Å². The van der Waals surface area contributed by atoms with Gasteiger partial charge in [0.1, 0.15) is 11.6 Å². The third kappa shape index (κ3) is 2.98. The Kier molecular flexibility index (Phi) is 4.07. The summed E-state index contributed by atoms with van der Waals surface area (Å²) >= 11 is 0. The molecule has 1 aromatic carbocycles. The van der Waals surface area contributed by atoms with E-state index in [9.17, 15) is 8.78 Å². The third-order valence-corrected chi connectivity index (χ3v) is 2.53. The van der Waals surface area contributed by atoms with Crippen LogP contribution in [-0.2, 0) is 0 Å². The summed E-state index contributed by atoms with van der Waals surface area (Å²) in [7, 11) is 3.55. The topological polar surface area (TPSA) is 53.9 Å². The van der Waals surface area contributed by atoms with Gasteiger partial charge in [-0.25, -0.2) is 8.78 Å². The minimum atomic E-state index is -0.705. The van der Waals surface area contributed by atoms with Gasteiger partial charge in [0.2, 0.25) is 11.9 Å². The van der Waals surface area contributed by atoms with E-state index < -0.39 is 11.6 Å². The second kappa shape index (κ2) is 5.77. The molecule has 2 rings (SSSR count). The fourth-order valence-electron chi connectivity index (χ4n) is 1.59. The maximum absolute atomic E-state index is 13.8. The summed E-state index contributed by atoms with van der Waals surface area (Å²) in [6.07, 6.45) is 0. The predicted octanol–water partition coefficient (Wildman–Crippen LogP) is 2.31. The molecule has 7 heteroatoms. The van der Waals surface area contributed by atoms with Gasteiger partial charge in [-0.05, 0) is 19.1 Å². The molecule has 0 aliphatic carbocycles. The van der Waals surface area contributed by atoms with E-state index in [-0.39, 0.29) is 11.4 Å². The van der Waals surface area contributed by atoms with Crippen LogP contribution in [0.3, 0.4) is 0 Å². The summed E-state index contributed by atoms with van der Waals surface area (Å²) in [4.78, 5) is 14.2. The van der Waals surface area contributed by atoms with E-state index in [2.05, 4.69) is 20.3 Å². The van der Waals surface area contributed by atoms with Crippen LogP contribution in [0.1, 0.15) is 6.92 Å². The largest absolute Gasteiger partial charge is 0.354 e. The summed E-state index contributed by atoms with van der Waals surface area (Å²) in [5.74, 6) is -0.430. The molecule has 0 saturated carbocycles. The third-order valence-electron chi connectivity index (χ3n) is 2.53. The summed E-state index contributed by atoms with van der Waals surface area (Å²) < 4.78 is 26.8. The molecule has 0 bridgehead atoms. The van der Waals surface area contributed by atoms with E-state index in [4.69, 9.17) is 0 Å². The van der Waals surface area contributed by atoms with Crippen LogP contribution in [0, 0.1) is 11.6 Å². The monoisotopic (exact) mass is 279 g/mol. The number of aromatic nitrogens is 3. The summed E-state index contributed by atoms with van der Waals surface area (Å²) in [6.45, 7) is 2.53. The van der Waals surface area contributed by atoms with E-state index in [0.29, 0.717) is 18.4 Å². The van der Waals surface area contributed by atoms with Gasteiger partial charge in [0.25, 0.3) is 0 Å². The maximum atomic E-state index is 13.8. The first-order valence-electron chi connectivity index (χ1n) is 6.14. The van der Waals surface area contributed by atoms with Gasteiger partial charge in [-0.2, -0.15) is 15.0 Å². The fraction of sp³-hybridized carbons (Fsp3) is 0.308. The van der Waals surface area contributed by atoms with Gasteiger partial charge in [-0.1, -0.05) is 0 Å². The van der Waals surface area contributed by atoms with E-state index in [1.165, 1.54) is 12.1 Å². The van der Waals surface area contributed by atoms with Crippen LogP contribution in [0.15, 0.2) is 18.2 Å². The average Bonchev–Trinajstić information content (AvgIpc) is 2.38. The second-order valence-corrected chi connectivity index (χ2v) is 4.33. The summed E-state index contributed by atoms with van der Waals surface area (Å²) in [5.41, 5.74) is 0.135. The molecule has 106 valence electrons. The number of rotatable bonds is 4. The highest BCUT2D eigenvalue weighted by Crippen LogP contribution is 2.22. The fourth-order valence-corrected chi connectivity index (χ4v) is 1.59. The van der Waals surface area contributed by atoms with Gasteiger partial charge in [-0.3, -0.25) is 0 Å². The van der Waals surface area contributed by atoms with E-state index >= 15 is 0 Å². The number of halogens is 2. The van der Waals surface area contributed by atoms with Crippen molar-refractivity contribution < 1.29 is 8.78 Å². The molecule has 0 radical (unpaired) electrons. The molecule has 0 saturated heterocycles. The Morgan fingerprint density at radius 1 is 1.15 bits per heavy atom. The lowest BCUT2D eigenvalue weighted by Crippen LogP contribution is -2.16. The smallest absolute Gasteiger partial charge is 0.230 e. The molecule has 1 N–H and O–H groups in total. The highest BCUT2D eigenvalue weighted by Gasteiger charge is 2.13. The molecule has 0 amide bonds. The lowest BCUT2D eigenvalue weighted by Gasteiger charge is -2.13. The zero-order valence-electron chi connectivity index (χ0n) is 11.5. The molecule has 20 heavy (non-hydrogen) atoms. The Morgan fingerprint density at radius 3 is 2.50 bits per heavy atom. The van der Waals surface area contributed by atoms with Gasteiger partial charge in [0.15, 0.2) is 5.82 Å². The molecule has 1 aromatic heterocycles. The van der Waals surface area contributed by atoms with Gasteiger partial charge in [0, 0.05) is 26.7 Å². The Labute approximate surface area is 115 Å². The first-order valence-corrected chi connectivity index (χ1v) is 6.14. The lowest BCUT2D eigenvalue weighted by atomic mass is 10.2. The van der Waals surface area contributed by atoms with Crippen LogP contribution in [0.5, 0.6) is 0 Å². The predicted molar refractivity (Wildman–Crippen MR) is 73.7 cm³/mol. The average molecular weight is 279 g/mol. The van der Waals surface area contributed by atoms with Crippen molar-refractivity contribution in [2.24, 2.45) is 0 Å². The van der Waals surface area contributed by atoms with Crippen LogP contribution >= 0.6 is 0 Å². The van der Waals surface area contributed by atoms with Crippen molar-refractivity contribution in [3.05, 3.63) is 29.8 Å². The number of hydrogen-bond donors (Lipinski definition) is 1. The Morgan fingerprint density at radius 2 is 1.90 bits per heavy atom. The normalized spacial score (nSPS) is 10.4. The van der Waals surface area contributed by atoms with Gasteiger partial charge >= 0.3 is 0 Å². The first kappa shape index (κ1) is 14.1. The van der Waals surface area contributed by atoms with Crippen molar-refractivity contribution in [1.82, 2.24) is 15.0 Å². The molecule has 0 aliphatic rings. The van der Waals surface area contributed by atoms with E-state index in [0.717, 1.165) is 6.07 Å². The molecule has 0 unspecified atom stereocenters. The second-order valence-electron chi connectivity index (χ2n) is 4.33. The van der Waals surface area contributed by atoms with Crippen LogP contribution in [0.4, 0.5) is 20.7 Å². The van der Waals surface area contributed by atoms with Crippen molar-refractivity contribution in [2.45, 2.75) is 6.92 Å². The molecule has 0 aliphatic heterocycles. The lowest BCUT2D eigenvalue weighted by molar-refractivity contribution is 0.585. The zero-order valence-corrected chi connectivity index (χ0v) is 11.5. The van der Waals surface area contributed by atoms with E-state index in [1.807, 2.05) is 6.92 Å². The molecule has 1 heterocycles.